The first-order valence-electron chi connectivity index (χ1n) is 7.83. The zero-order valence-electron chi connectivity index (χ0n) is 14.1. The van der Waals surface area contributed by atoms with E-state index in [4.69, 9.17) is 9.47 Å². The van der Waals surface area contributed by atoms with Crippen molar-refractivity contribution in [3.8, 4) is 22.8 Å². The SMILES string of the molecule is COc1ccc(-c2nc(C)ccc2OCc2cccc(C)n2)cc1. The van der Waals surface area contributed by atoms with E-state index < -0.39 is 0 Å². The third-order valence-electron chi connectivity index (χ3n) is 3.68. The maximum atomic E-state index is 5.99. The minimum absolute atomic E-state index is 0.412. The van der Waals surface area contributed by atoms with Crippen LogP contribution in [0.2, 0.25) is 0 Å². The lowest BCUT2D eigenvalue weighted by atomic mass is 10.1. The Morgan fingerprint density at radius 3 is 2.29 bits per heavy atom. The molecule has 0 fully saturated rings. The van der Waals surface area contributed by atoms with Gasteiger partial charge in [-0.05, 0) is 62.4 Å². The molecule has 0 saturated heterocycles. The molecule has 4 nitrogen and oxygen atoms in total. The fraction of sp³-hybridized carbons (Fsp3) is 0.200. The van der Waals surface area contributed by atoms with Gasteiger partial charge < -0.3 is 9.47 Å². The van der Waals surface area contributed by atoms with Gasteiger partial charge in [0.25, 0.3) is 0 Å². The summed E-state index contributed by atoms with van der Waals surface area (Å²) in [5.41, 5.74) is 4.64. The number of hydrogen-bond donors (Lipinski definition) is 0. The number of aromatic nitrogens is 2. The molecule has 24 heavy (non-hydrogen) atoms. The van der Waals surface area contributed by atoms with Gasteiger partial charge in [0, 0.05) is 17.0 Å². The molecule has 0 aliphatic heterocycles. The second-order valence-electron chi connectivity index (χ2n) is 5.59. The predicted molar refractivity (Wildman–Crippen MR) is 94.3 cm³/mol. The number of rotatable bonds is 5. The standard InChI is InChI=1S/C20H20N2O2/c1-14-5-4-6-17(21-14)13-24-19-12-7-15(2)22-20(19)16-8-10-18(23-3)11-9-16/h4-12H,13H2,1-3H3. The van der Waals surface area contributed by atoms with Gasteiger partial charge in [0.05, 0.1) is 12.8 Å². The topological polar surface area (TPSA) is 44.2 Å². The lowest BCUT2D eigenvalue weighted by Crippen LogP contribution is -2.01. The maximum Gasteiger partial charge on any atom is 0.146 e. The molecule has 0 unspecified atom stereocenters. The number of pyridine rings is 2. The van der Waals surface area contributed by atoms with Crippen molar-refractivity contribution in [1.82, 2.24) is 9.97 Å². The third kappa shape index (κ3) is 3.71. The molecule has 0 bridgehead atoms. The second-order valence-corrected chi connectivity index (χ2v) is 5.59. The van der Waals surface area contributed by atoms with E-state index in [0.29, 0.717) is 6.61 Å². The molecule has 0 amide bonds. The van der Waals surface area contributed by atoms with Gasteiger partial charge in [-0.2, -0.15) is 0 Å². The molecular weight excluding hydrogens is 300 g/mol. The van der Waals surface area contributed by atoms with Crippen LogP contribution in [-0.4, -0.2) is 17.1 Å². The number of hydrogen-bond acceptors (Lipinski definition) is 4. The highest BCUT2D eigenvalue weighted by molar-refractivity contribution is 5.67. The van der Waals surface area contributed by atoms with Crippen LogP contribution in [0.3, 0.4) is 0 Å². The number of nitrogens with zero attached hydrogens (tertiary/aromatic N) is 2. The van der Waals surface area contributed by atoms with E-state index in [2.05, 4.69) is 9.97 Å². The summed E-state index contributed by atoms with van der Waals surface area (Å²) in [5, 5.41) is 0. The van der Waals surface area contributed by atoms with E-state index in [1.807, 2.05) is 68.4 Å². The first-order chi connectivity index (χ1) is 11.7. The Morgan fingerprint density at radius 2 is 1.58 bits per heavy atom. The Labute approximate surface area is 142 Å². The average Bonchev–Trinajstić information content (AvgIpc) is 2.61. The Kier molecular flexibility index (Phi) is 4.75. The summed E-state index contributed by atoms with van der Waals surface area (Å²) < 4.78 is 11.2. The van der Waals surface area contributed by atoms with Crippen LogP contribution in [0, 0.1) is 13.8 Å². The number of ether oxygens (including phenoxy) is 2. The van der Waals surface area contributed by atoms with E-state index >= 15 is 0 Å². The summed E-state index contributed by atoms with van der Waals surface area (Å²) >= 11 is 0. The van der Waals surface area contributed by atoms with Crippen molar-refractivity contribution in [2.24, 2.45) is 0 Å². The summed E-state index contributed by atoms with van der Waals surface area (Å²) in [4.78, 5) is 9.11. The zero-order valence-corrected chi connectivity index (χ0v) is 14.1. The normalized spacial score (nSPS) is 10.5. The molecule has 0 aliphatic rings. The van der Waals surface area contributed by atoms with Crippen LogP contribution in [0.25, 0.3) is 11.3 Å². The van der Waals surface area contributed by atoms with Crippen molar-refractivity contribution < 1.29 is 9.47 Å². The van der Waals surface area contributed by atoms with Crippen molar-refractivity contribution in [1.29, 1.82) is 0 Å². The molecule has 3 rings (SSSR count). The molecule has 0 spiro atoms. The highest BCUT2D eigenvalue weighted by Gasteiger charge is 2.10. The lowest BCUT2D eigenvalue weighted by Gasteiger charge is -2.12. The van der Waals surface area contributed by atoms with Gasteiger partial charge >= 0.3 is 0 Å². The maximum absolute atomic E-state index is 5.99. The minimum Gasteiger partial charge on any atom is -0.497 e. The first-order valence-corrected chi connectivity index (χ1v) is 7.83. The fourth-order valence-corrected chi connectivity index (χ4v) is 2.45. The van der Waals surface area contributed by atoms with E-state index in [1.54, 1.807) is 7.11 Å². The largest absolute Gasteiger partial charge is 0.497 e. The van der Waals surface area contributed by atoms with Gasteiger partial charge in [-0.3, -0.25) is 4.98 Å². The summed E-state index contributed by atoms with van der Waals surface area (Å²) in [6, 6.07) is 17.6. The van der Waals surface area contributed by atoms with Crippen LogP contribution in [0.4, 0.5) is 0 Å². The number of methoxy groups -OCH3 is 1. The highest BCUT2D eigenvalue weighted by Crippen LogP contribution is 2.30. The van der Waals surface area contributed by atoms with Crippen LogP contribution in [-0.2, 0) is 6.61 Å². The van der Waals surface area contributed by atoms with Crippen molar-refractivity contribution in [3.05, 3.63) is 71.7 Å². The monoisotopic (exact) mass is 320 g/mol. The van der Waals surface area contributed by atoms with Gasteiger partial charge in [0.15, 0.2) is 0 Å². The van der Waals surface area contributed by atoms with Crippen LogP contribution in [0.5, 0.6) is 11.5 Å². The smallest absolute Gasteiger partial charge is 0.146 e. The van der Waals surface area contributed by atoms with Crippen LogP contribution < -0.4 is 9.47 Å². The molecule has 4 heteroatoms. The molecule has 122 valence electrons. The molecule has 1 aromatic carbocycles. The number of aryl methyl sites for hydroxylation is 2. The van der Waals surface area contributed by atoms with Gasteiger partial charge in [0.2, 0.25) is 0 Å². The predicted octanol–water partition coefficient (Wildman–Crippen LogP) is 4.35. The van der Waals surface area contributed by atoms with Crippen molar-refractivity contribution in [2.45, 2.75) is 20.5 Å². The van der Waals surface area contributed by atoms with Crippen LogP contribution in [0.1, 0.15) is 17.1 Å². The molecule has 0 aliphatic carbocycles. The Bertz CT molecular complexity index is 829. The summed E-state index contributed by atoms with van der Waals surface area (Å²) in [6.45, 7) is 4.36. The van der Waals surface area contributed by atoms with Gasteiger partial charge in [-0.15, -0.1) is 0 Å². The fourth-order valence-electron chi connectivity index (χ4n) is 2.45. The molecule has 2 aromatic heterocycles. The van der Waals surface area contributed by atoms with Crippen molar-refractivity contribution in [2.75, 3.05) is 7.11 Å². The Balaban J connectivity index is 1.87. The summed E-state index contributed by atoms with van der Waals surface area (Å²) in [6.07, 6.45) is 0. The van der Waals surface area contributed by atoms with Gasteiger partial charge in [-0.25, -0.2) is 4.98 Å². The van der Waals surface area contributed by atoms with Crippen LogP contribution >= 0.6 is 0 Å². The van der Waals surface area contributed by atoms with E-state index in [9.17, 15) is 0 Å². The summed E-state index contributed by atoms with van der Waals surface area (Å²) in [5.74, 6) is 1.56. The molecule has 0 N–H and O–H groups in total. The Morgan fingerprint density at radius 1 is 0.833 bits per heavy atom. The molecule has 0 atom stereocenters. The van der Waals surface area contributed by atoms with Crippen molar-refractivity contribution >= 4 is 0 Å². The van der Waals surface area contributed by atoms with E-state index in [1.165, 1.54) is 0 Å². The minimum atomic E-state index is 0.412. The molecule has 2 heterocycles. The third-order valence-corrected chi connectivity index (χ3v) is 3.68. The average molecular weight is 320 g/mol. The van der Waals surface area contributed by atoms with Gasteiger partial charge in [-0.1, -0.05) is 6.07 Å². The quantitative estimate of drug-likeness (QED) is 0.701. The number of benzene rings is 1. The molecular formula is C20H20N2O2. The van der Waals surface area contributed by atoms with Gasteiger partial charge in [0.1, 0.15) is 23.8 Å². The zero-order chi connectivity index (χ0) is 16.9. The molecule has 0 saturated carbocycles. The van der Waals surface area contributed by atoms with Crippen molar-refractivity contribution in [3.63, 3.8) is 0 Å². The first kappa shape index (κ1) is 16.0. The van der Waals surface area contributed by atoms with Crippen LogP contribution in [0.15, 0.2) is 54.6 Å². The highest BCUT2D eigenvalue weighted by atomic mass is 16.5. The Hall–Kier alpha value is -2.88. The lowest BCUT2D eigenvalue weighted by molar-refractivity contribution is 0.301. The summed E-state index contributed by atoms with van der Waals surface area (Å²) in [7, 11) is 1.66. The molecule has 3 aromatic rings. The van der Waals surface area contributed by atoms with E-state index in [-0.39, 0.29) is 0 Å². The molecule has 0 radical (unpaired) electrons. The van der Waals surface area contributed by atoms with E-state index in [0.717, 1.165) is 39.8 Å². The second kappa shape index (κ2) is 7.13.